The molecule has 0 spiro atoms. The van der Waals surface area contributed by atoms with Gasteiger partial charge in [-0.05, 0) is 24.1 Å². The molecule has 3 aromatic rings. The van der Waals surface area contributed by atoms with Crippen LogP contribution in [-0.4, -0.2) is 16.1 Å². The number of para-hydroxylation sites is 2. The summed E-state index contributed by atoms with van der Waals surface area (Å²) in [5, 5.41) is 21.9. The summed E-state index contributed by atoms with van der Waals surface area (Å²) < 4.78 is 0. The topological polar surface area (TPSA) is 73.2 Å². The minimum Gasteiger partial charge on any atom is -0.872 e. The molecule has 4 nitrogen and oxygen atoms in total. The van der Waals surface area contributed by atoms with Gasteiger partial charge in [-0.25, -0.2) is 9.78 Å². The number of hydrogen-bond donors (Lipinski definition) is 1. The fraction of sp³-hybridized carbons (Fsp3) is 0.0588. The van der Waals surface area contributed by atoms with Crippen molar-refractivity contribution in [2.75, 3.05) is 0 Å². The Morgan fingerprint density at radius 1 is 1.14 bits per heavy atom. The Morgan fingerprint density at radius 2 is 1.90 bits per heavy atom. The molecular weight excluding hydrogens is 266 g/mol. The summed E-state index contributed by atoms with van der Waals surface area (Å²) in [5.41, 5.74) is 2.43. The Morgan fingerprint density at radius 3 is 2.62 bits per heavy atom. The largest absolute Gasteiger partial charge is 0.872 e. The van der Waals surface area contributed by atoms with Gasteiger partial charge in [-0.2, -0.15) is 0 Å². The van der Waals surface area contributed by atoms with E-state index in [-0.39, 0.29) is 11.3 Å². The molecule has 0 fully saturated rings. The van der Waals surface area contributed by atoms with E-state index in [1.807, 2.05) is 13.0 Å². The first-order chi connectivity index (χ1) is 10.1. The molecule has 0 amide bonds. The Labute approximate surface area is 121 Å². The fourth-order valence-corrected chi connectivity index (χ4v) is 2.39. The minimum absolute atomic E-state index is 0.155. The molecule has 104 valence electrons. The Hall–Kier alpha value is -2.88. The Balaban J connectivity index is 2.38. The molecule has 1 N–H and O–H groups in total. The molecule has 0 saturated carbocycles. The predicted octanol–water partition coefficient (Wildman–Crippen LogP) is 2.98. The van der Waals surface area contributed by atoms with E-state index in [4.69, 9.17) is 0 Å². The lowest BCUT2D eigenvalue weighted by Gasteiger charge is -2.14. The summed E-state index contributed by atoms with van der Waals surface area (Å²) >= 11 is 0. The van der Waals surface area contributed by atoms with Crippen molar-refractivity contribution in [2.24, 2.45) is 0 Å². The highest BCUT2D eigenvalue weighted by Gasteiger charge is 2.14. The molecule has 1 aromatic heterocycles. The van der Waals surface area contributed by atoms with Crippen molar-refractivity contribution in [1.82, 2.24) is 4.98 Å². The van der Waals surface area contributed by atoms with Crippen molar-refractivity contribution >= 4 is 16.9 Å². The quantitative estimate of drug-likeness (QED) is 0.782. The summed E-state index contributed by atoms with van der Waals surface area (Å²) in [5.74, 6) is -1.20. The maximum atomic E-state index is 11.9. The van der Waals surface area contributed by atoms with E-state index in [2.05, 4.69) is 4.98 Å². The van der Waals surface area contributed by atoms with E-state index in [0.29, 0.717) is 22.2 Å². The summed E-state index contributed by atoms with van der Waals surface area (Å²) in [6.07, 6.45) is 0. The molecule has 1 heterocycles. The van der Waals surface area contributed by atoms with Crippen LogP contribution in [-0.2, 0) is 0 Å². The number of aromatic carboxylic acids is 1. The predicted molar refractivity (Wildman–Crippen MR) is 78.3 cm³/mol. The standard InChI is InChI=1S/C17H13NO3/c1-10-5-4-7-11-13(17(20)21)9-14(18-16(10)11)12-6-2-3-8-15(12)19/h2-9,19H,1H3,(H,20,21)/p-1. The second-order valence-corrected chi connectivity index (χ2v) is 4.83. The fourth-order valence-electron chi connectivity index (χ4n) is 2.39. The first kappa shape index (κ1) is 13.1. The lowest BCUT2D eigenvalue weighted by Crippen LogP contribution is -2.02. The molecule has 0 aliphatic rings. The minimum atomic E-state index is -1.03. The zero-order chi connectivity index (χ0) is 15.0. The molecule has 0 saturated heterocycles. The van der Waals surface area contributed by atoms with Crippen LogP contribution in [0.3, 0.4) is 0 Å². The van der Waals surface area contributed by atoms with Gasteiger partial charge in [0.1, 0.15) is 0 Å². The third kappa shape index (κ3) is 2.21. The van der Waals surface area contributed by atoms with Crippen LogP contribution in [0.5, 0.6) is 5.75 Å². The zero-order valence-corrected chi connectivity index (χ0v) is 11.3. The van der Waals surface area contributed by atoms with Gasteiger partial charge in [-0.1, -0.05) is 48.2 Å². The van der Waals surface area contributed by atoms with E-state index < -0.39 is 5.97 Å². The van der Waals surface area contributed by atoms with Crippen LogP contribution in [0.1, 0.15) is 15.9 Å². The first-order valence-electron chi connectivity index (χ1n) is 6.48. The maximum Gasteiger partial charge on any atom is 0.336 e. The van der Waals surface area contributed by atoms with Crippen LogP contribution in [0.2, 0.25) is 0 Å². The molecule has 0 aliphatic heterocycles. The van der Waals surface area contributed by atoms with Gasteiger partial charge in [0, 0.05) is 5.39 Å². The summed E-state index contributed by atoms with van der Waals surface area (Å²) in [6.45, 7) is 1.87. The van der Waals surface area contributed by atoms with Crippen LogP contribution in [0.25, 0.3) is 22.2 Å². The normalized spacial score (nSPS) is 10.7. The molecule has 2 aromatic carbocycles. The number of aromatic nitrogens is 1. The monoisotopic (exact) mass is 278 g/mol. The van der Waals surface area contributed by atoms with Crippen LogP contribution in [0.15, 0.2) is 48.5 Å². The second-order valence-electron chi connectivity index (χ2n) is 4.83. The van der Waals surface area contributed by atoms with Crippen LogP contribution in [0.4, 0.5) is 0 Å². The lowest BCUT2D eigenvalue weighted by molar-refractivity contribution is -0.267. The number of rotatable bonds is 2. The number of hydrogen-bond acceptors (Lipinski definition) is 3. The summed E-state index contributed by atoms with van der Waals surface area (Å²) in [4.78, 5) is 16.0. The van der Waals surface area contributed by atoms with Gasteiger partial charge >= 0.3 is 5.97 Å². The average molecular weight is 278 g/mol. The van der Waals surface area contributed by atoms with Gasteiger partial charge in [-0.3, -0.25) is 0 Å². The van der Waals surface area contributed by atoms with Gasteiger partial charge < -0.3 is 10.2 Å². The molecule has 0 radical (unpaired) electrons. The van der Waals surface area contributed by atoms with Gasteiger partial charge in [0.2, 0.25) is 0 Å². The number of aryl methyl sites for hydroxylation is 1. The third-order valence-electron chi connectivity index (χ3n) is 3.43. The number of carbonyl (C=O) groups is 1. The Kier molecular flexibility index (Phi) is 3.06. The lowest BCUT2D eigenvalue weighted by atomic mass is 10.0. The van der Waals surface area contributed by atoms with Crippen molar-refractivity contribution in [3.05, 3.63) is 59.7 Å². The molecule has 4 heteroatoms. The molecular formula is C17H12NO3-. The molecule has 0 unspecified atom stereocenters. The van der Waals surface area contributed by atoms with Gasteiger partial charge in [0.15, 0.2) is 0 Å². The van der Waals surface area contributed by atoms with Crippen molar-refractivity contribution in [2.45, 2.75) is 6.92 Å². The molecule has 0 atom stereocenters. The smallest absolute Gasteiger partial charge is 0.336 e. The highest BCUT2D eigenvalue weighted by Crippen LogP contribution is 2.30. The zero-order valence-electron chi connectivity index (χ0n) is 11.3. The number of carboxylic acid groups (broad SMARTS) is 1. The highest BCUT2D eigenvalue weighted by atomic mass is 16.4. The third-order valence-corrected chi connectivity index (χ3v) is 3.43. The van der Waals surface area contributed by atoms with E-state index in [9.17, 15) is 15.0 Å². The van der Waals surface area contributed by atoms with Gasteiger partial charge in [0.25, 0.3) is 0 Å². The Bertz CT molecular complexity index is 856. The number of nitrogens with zero attached hydrogens (tertiary/aromatic N) is 1. The van der Waals surface area contributed by atoms with E-state index in [1.54, 1.807) is 30.3 Å². The number of fused-ring (bicyclic) bond motifs is 1. The highest BCUT2D eigenvalue weighted by molar-refractivity contribution is 6.04. The van der Waals surface area contributed by atoms with Crippen molar-refractivity contribution in [1.29, 1.82) is 0 Å². The van der Waals surface area contributed by atoms with Crippen molar-refractivity contribution in [3.8, 4) is 17.0 Å². The van der Waals surface area contributed by atoms with E-state index in [1.165, 1.54) is 12.1 Å². The van der Waals surface area contributed by atoms with Crippen LogP contribution in [0, 0.1) is 6.92 Å². The molecule has 21 heavy (non-hydrogen) atoms. The summed E-state index contributed by atoms with van der Waals surface area (Å²) in [6, 6.07) is 13.3. The van der Waals surface area contributed by atoms with E-state index >= 15 is 0 Å². The van der Waals surface area contributed by atoms with Crippen LogP contribution >= 0.6 is 0 Å². The van der Waals surface area contributed by atoms with Gasteiger partial charge in [0.05, 0.1) is 16.8 Å². The first-order valence-corrected chi connectivity index (χ1v) is 6.48. The average Bonchev–Trinajstić information content (AvgIpc) is 2.47. The summed E-state index contributed by atoms with van der Waals surface area (Å²) in [7, 11) is 0. The molecule has 0 aliphatic carbocycles. The maximum absolute atomic E-state index is 11.9. The van der Waals surface area contributed by atoms with Crippen LogP contribution < -0.4 is 5.11 Å². The number of benzene rings is 2. The second kappa shape index (κ2) is 4.90. The number of pyridine rings is 1. The SMILES string of the molecule is Cc1cccc2c(C(=O)O)cc(-c3ccccc3[O-])nc12. The molecule has 0 bridgehead atoms. The van der Waals surface area contributed by atoms with Crippen molar-refractivity contribution in [3.63, 3.8) is 0 Å². The van der Waals surface area contributed by atoms with E-state index in [0.717, 1.165) is 5.56 Å². The van der Waals surface area contributed by atoms with Gasteiger partial charge in [-0.15, -0.1) is 0 Å². The number of carboxylic acids is 1. The molecule has 3 rings (SSSR count). The van der Waals surface area contributed by atoms with Crippen molar-refractivity contribution < 1.29 is 15.0 Å².